The maximum atomic E-state index is 10.8. The molecule has 2 rings (SSSR count). The van der Waals surface area contributed by atoms with Crippen molar-refractivity contribution >= 4 is 40.0 Å². The maximum absolute atomic E-state index is 10.8. The third kappa shape index (κ3) is 1.34. The van der Waals surface area contributed by atoms with Gasteiger partial charge in [0.15, 0.2) is 0 Å². The molecule has 1 aromatic carbocycles. The predicted molar refractivity (Wildman–Crippen MR) is 57.7 cm³/mol. The number of phenolic OH excluding ortho intramolecular Hbond substituents is 1. The van der Waals surface area contributed by atoms with E-state index < -0.39 is 5.97 Å². The van der Waals surface area contributed by atoms with Crippen molar-refractivity contribution in [3.05, 3.63) is 23.1 Å². The highest BCUT2D eigenvalue weighted by atomic mass is 32.1. The molecule has 0 aliphatic heterocycles. The monoisotopic (exact) mass is 226 g/mol. The number of carboxylic acid groups (broad SMARTS) is 1. The molecule has 0 unspecified atom stereocenters. The van der Waals surface area contributed by atoms with Crippen molar-refractivity contribution in [2.45, 2.75) is 4.90 Å². The fourth-order valence-electron chi connectivity index (χ4n) is 1.27. The van der Waals surface area contributed by atoms with Gasteiger partial charge in [0.05, 0.1) is 10.3 Å². The second-order valence-electron chi connectivity index (χ2n) is 2.80. The summed E-state index contributed by atoms with van der Waals surface area (Å²) in [6, 6.07) is 3.13. The Labute approximate surface area is 89.0 Å². The molecule has 0 radical (unpaired) electrons. The molecule has 3 nitrogen and oxygen atoms in total. The van der Waals surface area contributed by atoms with E-state index >= 15 is 0 Å². The van der Waals surface area contributed by atoms with Crippen LogP contribution in [0.1, 0.15) is 10.4 Å². The summed E-state index contributed by atoms with van der Waals surface area (Å²) in [6.07, 6.45) is 0. The minimum Gasteiger partial charge on any atom is -0.506 e. The summed E-state index contributed by atoms with van der Waals surface area (Å²) in [5.74, 6) is -0.917. The molecule has 0 bridgehead atoms. The summed E-state index contributed by atoms with van der Waals surface area (Å²) in [5.41, 5.74) is 0.205. The Balaban J connectivity index is 2.85. The molecule has 0 aliphatic carbocycles. The van der Waals surface area contributed by atoms with Crippen LogP contribution in [0.3, 0.4) is 0 Å². The average Bonchev–Trinajstić information content (AvgIpc) is 2.47. The van der Waals surface area contributed by atoms with Crippen molar-refractivity contribution in [2.75, 3.05) is 0 Å². The average molecular weight is 226 g/mol. The Hall–Kier alpha value is -1.20. The van der Waals surface area contributed by atoms with Crippen LogP contribution in [0.5, 0.6) is 5.75 Å². The predicted octanol–water partition coefficient (Wildman–Crippen LogP) is 2.59. The smallest absolute Gasteiger partial charge is 0.337 e. The van der Waals surface area contributed by atoms with Gasteiger partial charge in [0.2, 0.25) is 0 Å². The summed E-state index contributed by atoms with van der Waals surface area (Å²) >= 11 is 5.29. The third-order valence-electron chi connectivity index (χ3n) is 1.87. The number of hydrogen-bond donors (Lipinski definition) is 3. The number of thiophene rings is 1. The zero-order valence-corrected chi connectivity index (χ0v) is 8.60. The van der Waals surface area contributed by atoms with Gasteiger partial charge in [-0.1, -0.05) is 0 Å². The second-order valence-corrected chi connectivity index (χ2v) is 4.19. The quantitative estimate of drug-likeness (QED) is 0.655. The first-order valence-electron chi connectivity index (χ1n) is 3.76. The van der Waals surface area contributed by atoms with E-state index in [1.54, 1.807) is 6.07 Å². The van der Waals surface area contributed by atoms with Gasteiger partial charge in [-0.3, -0.25) is 0 Å². The highest BCUT2D eigenvalue weighted by Crippen LogP contribution is 2.35. The Morgan fingerprint density at radius 2 is 2.14 bits per heavy atom. The van der Waals surface area contributed by atoms with Crippen LogP contribution < -0.4 is 0 Å². The molecule has 5 heteroatoms. The molecule has 72 valence electrons. The van der Waals surface area contributed by atoms with Crippen molar-refractivity contribution in [3.8, 4) is 5.75 Å². The lowest BCUT2D eigenvalue weighted by atomic mass is 10.2. The number of carbonyl (C=O) groups is 1. The molecule has 0 saturated carbocycles. The van der Waals surface area contributed by atoms with Crippen LogP contribution in [-0.2, 0) is 0 Å². The molecule has 1 aromatic heterocycles. The van der Waals surface area contributed by atoms with Crippen molar-refractivity contribution in [1.29, 1.82) is 0 Å². The number of carboxylic acids is 1. The van der Waals surface area contributed by atoms with Crippen molar-refractivity contribution in [3.63, 3.8) is 0 Å². The first-order chi connectivity index (χ1) is 6.59. The molecular formula is C9H6O3S2. The largest absolute Gasteiger partial charge is 0.506 e. The Morgan fingerprint density at radius 3 is 2.79 bits per heavy atom. The first-order valence-corrected chi connectivity index (χ1v) is 5.09. The number of benzene rings is 1. The number of aromatic hydroxyl groups is 1. The molecule has 14 heavy (non-hydrogen) atoms. The van der Waals surface area contributed by atoms with Crippen molar-refractivity contribution in [2.24, 2.45) is 0 Å². The molecule has 2 N–H and O–H groups in total. The summed E-state index contributed by atoms with van der Waals surface area (Å²) in [6.45, 7) is 0. The zero-order valence-electron chi connectivity index (χ0n) is 6.89. The molecule has 0 fully saturated rings. The zero-order chi connectivity index (χ0) is 10.3. The van der Waals surface area contributed by atoms with E-state index in [9.17, 15) is 9.90 Å². The fourth-order valence-corrected chi connectivity index (χ4v) is 2.46. The molecule has 0 amide bonds. The minimum absolute atomic E-state index is 0.0741. The standard InChI is InChI=1S/C9H6O3S2/c10-7-2-4(13)1-5-6(9(11)12)3-14-8(5)7/h1-3,10,13H,(H,11,12). The van der Waals surface area contributed by atoms with Gasteiger partial charge in [0.1, 0.15) is 5.75 Å². The highest BCUT2D eigenvalue weighted by molar-refractivity contribution is 7.80. The SMILES string of the molecule is O=C(O)c1csc2c(O)cc(S)cc12. The number of phenols is 1. The Bertz CT molecular complexity index is 516. The minimum atomic E-state index is -0.991. The van der Waals surface area contributed by atoms with Gasteiger partial charge in [0.25, 0.3) is 0 Å². The van der Waals surface area contributed by atoms with Crippen LogP contribution in [0.4, 0.5) is 0 Å². The van der Waals surface area contributed by atoms with Gasteiger partial charge in [-0.2, -0.15) is 0 Å². The number of aromatic carboxylic acids is 1. The maximum Gasteiger partial charge on any atom is 0.337 e. The van der Waals surface area contributed by atoms with E-state index in [1.165, 1.54) is 22.8 Å². The lowest BCUT2D eigenvalue weighted by Crippen LogP contribution is -1.93. The summed E-state index contributed by atoms with van der Waals surface area (Å²) in [5, 5.41) is 20.4. The second kappa shape index (κ2) is 3.18. The molecule has 0 atom stereocenters. The lowest BCUT2D eigenvalue weighted by Gasteiger charge is -1.97. The van der Waals surface area contributed by atoms with E-state index in [-0.39, 0.29) is 11.3 Å². The number of thiol groups is 1. The van der Waals surface area contributed by atoms with Crippen LogP contribution in [0.15, 0.2) is 22.4 Å². The molecule has 0 spiro atoms. The number of rotatable bonds is 1. The third-order valence-corrected chi connectivity index (χ3v) is 3.15. The van der Waals surface area contributed by atoms with Gasteiger partial charge in [-0.25, -0.2) is 4.79 Å². The van der Waals surface area contributed by atoms with E-state index in [0.29, 0.717) is 15.0 Å². The molecular weight excluding hydrogens is 220 g/mol. The normalized spacial score (nSPS) is 10.6. The number of fused-ring (bicyclic) bond motifs is 1. The van der Waals surface area contributed by atoms with E-state index in [4.69, 9.17) is 5.11 Å². The Kier molecular flexibility index (Phi) is 2.13. The van der Waals surface area contributed by atoms with E-state index in [0.717, 1.165) is 0 Å². The summed E-state index contributed by atoms with van der Waals surface area (Å²) < 4.78 is 0.584. The van der Waals surface area contributed by atoms with Gasteiger partial charge in [0, 0.05) is 15.7 Å². The van der Waals surface area contributed by atoms with E-state index in [1.807, 2.05) is 0 Å². The van der Waals surface area contributed by atoms with Crippen molar-refractivity contribution < 1.29 is 15.0 Å². The van der Waals surface area contributed by atoms with Gasteiger partial charge in [-0.05, 0) is 12.1 Å². The number of hydrogen-bond acceptors (Lipinski definition) is 4. The molecule has 0 aliphatic rings. The van der Waals surface area contributed by atoms with Gasteiger partial charge in [-0.15, -0.1) is 24.0 Å². The summed E-state index contributed by atoms with van der Waals surface area (Å²) in [7, 11) is 0. The topological polar surface area (TPSA) is 57.5 Å². The molecule has 1 heterocycles. The first kappa shape index (κ1) is 9.36. The highest BCUT2D eigenvalue weighted by Gasteiger charge is 2.13. The Morgan fingerprint density at radius 1 is 1.43 bits per heavy atom. The van der Waals surface area contributed by atoms with Crippen LogP contribution in [-0.4, -0.2) is 16.2 Å². The fraction of sp³-hybridized carbons (Fsp3) is 0. The van der Waals surface area contributed by atoms with Crippen LogP contribution >= 0.6 is 24.0 Å². The van der Waals surface area contributed by atoms with Gasteiger partial charge < -0.3 is 10.2 Å². The molecule has 2 aromatic rings. The van der Waals surface area contributed by atoms with Gasteiger partial charge >= 0.3 is 5.97 Å². The van der Waals surface area contributed by atoms with Crippen LogP contribution in [0.2, 0.25) is 0 Å². The lowest BCUT2D eigenvalue weighted by molar-refractivity contribution is 0.0699. The van der Waals surface area contributed by atoms with Crippen LogP contribution in [0.25, 0.3) is 10.1 Å². The van der Waals surface area contributed by atoms with E-state index in [2.05, 4.69) is 12.6 Å². The van der Waals surface area contributed by atoms with Crippen molar-refractivity contribution in [1.82, 2.24) is 0 Å². The van der Waals surface area contributed by atoms with Crippen LogP contribution in [0, 0.1) is 0 Å². The summed E-state index contributed by atoms with van der Waals surface area (Å²) in [4.78, 5) is 11.4. The molecule has 0 saturated heterocycles.